The largest absolute Gasteiger partial charge is 0.388 e. The molecule has 0 radical (unpaired) electrons. The van der Waals surface area contributed by atoms with E-state index in [9.17, 15) is 15.0 Å². The molecule has 5 N–H and O–H groups in total. The summed E-state index contributed by atoms with van der Waals surface area (Å²) >= 11 is 0. The van der Waals surface area contributed by atoms with Crippen molar-refractivity contribution in [1.82, 2.24) is 5.32 Å². The Labute approximate surface area is 118 Å². The first-order valence-corrected chi connectivity index (χ1v) is 6.69. The van der Waals surface area contributed by atoms with Crippen molar-refractivity contribution in [2.24, 2.45) is 5.73 Å². The molecule has 118 valence electrons. The van der Waals surface area contributed by atoms with Gasteiger partial charge in [0.05, 0.1) is 13.2 Å². The van der Waals surface area contributed by atoms with Gasteiger partial charge in [0.15, 0.2) is 6.29 Å². The monoisotopic (exact) mass is 292 g/mol. The van der Waals surface area contributed by atoms with Gasteiger partial charge < -0.3 is 35.5 Å². The normalized spacial score (nSPS) is 34.0. The zero-order chi connectivity index (χ0) is 15.1. The Morgan fingerprint density at radius 1 is 1.40 bits per heavy atom. The van der Waals surface area contributed by atoms with Crippen LogP contribution >= 0.6 is 0 Å². The molecule has 5 atom stereocenters. The molecule has 1 saturated heterocycles. The van der Waals surface area contributed by atoms with E-state index in [0.29, 0.717) is 19.8 Å². The van der Waals surface area contributed by atoms with Crippen LogP contribution in [0, 0.1) is 0 Å². The predicted molar refractivity (Wildman–Crippen MR) is 69.8 cm³/mol. The topological polar surface area (TPSA) is 123 Å². The fourth-order valence-corrected chi connectivity index (χ4v) is 2.05. The highest BCUT2D eigenvalue weighted by atomic mass is 16.7. The lowest BCUT2D eigenvalue weighted by Crippen LogP contribution is -2.64. The van der Waals surface area contributed by atoms with E-state index in [1.54, 1.807) is 6.92 Å². The molecule has 1 fully saturated rings. The van der Waals surface area contributed by atoms with Crippen LogP contribution < -0.4 is 11.1 Å². The number of aliphatic hydroxyl groups excluding tert-OH is 2. The Morgan fingerprint density at radius 2 is 2.10 bits per heavy atom. The molecule has 8 heteroatoms. The van der Waals surface area contributed by atoms with Gasteiger partial charge in [0, 0.05) is 20.1 Å². The minimum absolute atomic E-state index is 0.0891. The van der Waals surface area contributed by atoms with Crippen molar-refractivity contribution < 1.29 is 29.2 Å². The molecule has 8 nitrogen and oxygen atoms in total. The third-order valence-electron chi connectivity index (χ3n) is 2.95. The van der Waals surface area contributed by atoms with E-state index in [1.807, 2.05) is 0 Å². The van der Waals surface area contributed by atoms with E-state index >= 15 is 0 Å². The van der Waals surface area contributed by atoms with Gasteiger partial charge in [-0.3, -0.25) is 4.79 Å². The summed E-state index contributed by atoms with van der Waals surface area (Å²) in [5.41, 5.74) is 5.31. The van der Waals surface area contributed by atoms with Crippen molar-refractivity contribution in [2.45, 2.75) is 44.5 Å². The minimum atomic E-state index is -1.20. The lowest BCUT2D eigenvalue weighted by molar-refractivity contribution is -0.271. The SMILES string of the molecule is CCO[C@@H]1O[C@H](COCCN)[C@H](O)[C@H](O)[C@H]1NC(C)=O. The molecule has 0 aromatic rings. The van der Waals surface area contributed by atoms with Crippen molar-refractivity contribution in [1.29, 1.82) is 0 Å². The molecule has 20 heavy (non-hydrogen) atoms. The van der Waals surface area contributed by atoms with Gasteiger partial charge in [-0.25, -0.2) is 0 Å². The van der Waals surface area contributed by atoms with E-state index in [1.165, 1.54) is 6.92 Å². The number of aliphatic hydroxyl groups is 2. The fourth-order valence-electron chi connectivity index (χ4n) is 2.05. The predicted octanol–water partition coefficient (Wildman–Crippen LogP) is -2.05. The summed E-state index contributed by atoms with van der Waals surface area (Å²) in [5.74, 6) is -0.340. The summed E-state index contributed by atoms with van der Waals surface area (Å²) in [4.78, 5) is 11.2. The fraction of sp³-hybridized carbons (Fsp3) is 0.917. The molecule has 0 aromatic heterocycles. The second kappa shape index (κ2) is 8.50. The molecule has 1 rings (SSSR count). The summed E-state index contributed by atoms with van der Waals surface area (Å²) in [6.45, 7) is 4.21. The molecular weight excluding hydrogens is 268 g/mol. The number of nitrogens with two attached hydrogens (primary N) is 1. The minimum Gasteiger partial charge on any atom is -0.388 e. The molecule has 0 unspecified atom stereocenters. The number of amides is 1. The number of rotatable bonds is 7. The standard InChI is InChI=1S/C12H24N2O6/c1-3-19-12-9(14-7(2)15)11(17)10(16)8(20-12)6-18-5-4-13/h8-12,16-17H,3-6,13H2,1-2H3,(H,14,15)/t8-,9-,10+,11-,12-/m1/s1. The van der Waals surface area contributed by atoms with Gasteiger partial charge in [-0.2, -0.15) is 0 Å². The van der Waals surface area contributed by atoms with Crippen molar-refractivity contribution >= 4 is 5.91 Å². The maximum absolute atomic E-state index is 11.2. The van der Waals surface area contributed by atoms with Crippen LogP contribution in [-0.4, -0.2) is 73.1 Å². The summed E-state index contributed by atoms with van der Waals surface area (Å²) in [6.07, 6.45) is -3.95. The maximum atomic E-state index is 11.2. The van der Waals surface area contributed by atoms with E-state index in [-0.39, 0.29) is 12.5 Å². The summed E-state index contributed by atoms with van der Waals surface area (Å²) < 4.78 is 16.1. The van der Waals surface area contributed by atoms with Crippen LogP contribution in [0.15, 0.2) is 0 Å². The molecular formula is C12H24N2O6. The lowest BCUT2D eigenvalue weighted by atomic mass is 9.97. The quantitative estimate of drug-likeness (QED) is 0.398. The maximum Gasteiger partial charge on any atom is 0.217 e. The van der Waals surface area contributed by atoms with Crippen LogP contribution in [0.4, 0.5) is 0 Å². The first-order chi connectivity index (χ1) is 9.51. The molecule has 0 aliphatic carbocycles. The Morgan fingerprint density at radius 3 is 2.65 bits per heavy atom. The van der Waals surface area contributed by atoms with E-state index in [2.05, 4.69) is 5.32 Å². The average molecular weight is 292 g/mol. The Bertz CT molecular complexity index is 304. The number of carbonyl (C=O) groups is 1. The summed E-state index contributed by atoms with van der Waals surface area (Å²) in [5, 5.41) is 22.6. The summed E-state index contributed by atoms with van der Waals surface area (Å²) in [7, 11) is 0. The Hall–Kier alpha value is -0.770. The van der Waals surface area contributed by atoms with Crippen LogP contribution in [0.5, 0.6) is 0 Å². The molecule has 1 aliphatic rings. The number of nitrogens with one attached hydrogen (secondary N) is 1. The molecule has 0 bridgehead atoms. The Kier molecular flexibility index (Phi) is 7.35. The van der Waals surface area contributed by atoms with Crippen molar-refractivity contribution in [2.75, 3.05) is 26.4 Å². The average Bonchev–Trinajstić information content (AvgIpc) is 2.40. The van der Waals surface area contributed by atoms with Gasteiger partial charge in [-0.05, 0) is 6.92 Å². The molecule has 1 heterocycles. The van der Waals surface area contributed by atoms with Gasteiger partial charge in [-0.1, -0.05) is 0 Å². The van der Waals surface area contributed by atoms with Crippen LogP contribution in [0.25, 0.3) is 0 Å². The second-order valence-electron chi connectivity index (χ2n) is 4.57. The van der Waals surface area contributed by atoms with Crippen molar-refractivity contribution in [3.05, 3.63) is 0 Å². The van der Waals surface area contributed by atoms with E-state index < -0.39 is 30.6 Å². The number of hydrogen-bond donors (Lipinski definition) is 4. The van der Waals surface area contributed by atoms with Gasteiger partial charge in [0.1, 0.15) is 24.4 Å². The number of carbonyl (C=O) groups excluding carboxylic acids is 1. The molecule has 1 aliphatic heterocycles. The van der Waals surface area contributed by atoms with Crippen LogP contribution in [0.3, 0.4) is 0 Å². The Balaban J connectivity index is 2.69. The number of ether oxygens (including phenoxy) is 3. The molecule has 1 amide bonds. The van der Waals surface area contributed by atoms with Crippen LogP contribution in [-0.2, 0) is 19.0 Å². The zero-order valence-corrected chi connectivity index (χ0v) is 11.8. The zero-order valence-electron chi connectivity index (χ0n) is 11.8. The number of hydrogen-bond acceptors (Lipinski definition) is 7. The highest BCUT2D eigenvalue weighted by Gasteiger charge is 2.45. The highest BCUT2D eigenvalue weighted by molar-refractivity contribution is 5.73. The third kappa shape index (κ3) is 4.65. The third-order valence-corrected chi connectivity index (χ3v) is 2.95. The highest BCUT2D eigenvalue weighted by Crippen LogP contribution is 2.22. The van der Waals surface area contributed by atoms with E-state index in [0.717, 1.165) is 0 Å². The lowest BCUT2D eigenvalue weighted by Gasteiger charge is -2.42. The molecule has 0 spiro atoms. The van der Waals surface area contributed by atoms with Gasteiger partial charge in [-0.15, -0.1) is 0 Å². The van der Waals surface area contributed by atoms with Crippen LogP contribution in [0.2, 0.25) is 0 Å². The molecule has 0 aromatic carbocycles. The van der Waals surface area contributed by atoms with Crippen molar-refractivity contribution in [3.8, 4) is 0 Å². The van der Waals surface area contributed by atoms with Crippen molar-refractivity contribution in [3.63, 3.8) is 0 Å². The van der Waals surface area contributed by atoms with Crippen LogP contribution in [0.1, 0.15) is 13.8 Å². The second-order valence-corrected chi connectivity index (χ2v) is 4.57. The van der Waals surface area contributed by atoms with Gasteiger partial charge in [0.25, 0.3) is 0 Å². The van der Waals surface area contributed by atoms with Gasteiger partial charge in [0.2, 0.25) is 5.91 Å². The summed E-state index contributed by atoms with van der Waals surface area (Å²) in [6, 6.07) is -0.826. The van der Waals surface area contributed by atoms with Gasteiger partial charge >= 0.3 is 0 Å². The first kappa shape index (κ1) is 17.3. The molecule has 0 saturated carbocycles. The first-order valence-electron chi connectivity index (χ1n) is 6.69. The smallest absolute Gasteiger partial charge is 0.217 e. The van der Waals surface area contributed by atoms with E-state index in [4.69, 9.17) is 19.9 Å².